The largest absolute Gasteiger partial charge is 0.332 e. The van der Waals surface area contributed by atoms with Crippen LogP contribution in [0.1, 0.15) is 10.4 Å². The van der Waals surface area contributed by atoms with Crippen molar-refractivity contribution in [3.8, 4) is 11.1 Å². The van der Waals surface area contributed by atoms with Gasteiger partial charge in [-0.15, -0.1) is 0 Å². The van der Waals surface area contributed by atoms with Crippen molar-refractivity contribution in [2.24, 2.45) is 0 Å². The van der Waals surface area contributed by atoms with Gasteiger partial charge in [-0.25, -0.2) is 4.39 Å². The van der Waals surface area contributed by atoms with Crippen molar-refractivity contribution in [2.45, 2.75) is 0 Å². The Labute approximate surface area is 157 Å². The van der Waals surface area contributed by atoms with Gasteiger partial charge in [0.05, 0.1) is 6.54 Å². The van der Waals surface area contributed by atoms with Gasteiger partial charge in [-0.1, -0.05) is 42.5 Å². The standard InChI is InChI=1S/C22H19FN2O2/c1-25(15-21(26)24-20-13-11-19(23)12-14-20)22(27)18-9-7-17(8-10-18)16-5-3-2-4-6-16/h2-14H,15H2,1H3,(H,24,26). The van der Waals surface area contributed by atoms with E-state index < -0.39 is 0 Å². The summed E-state index contributed by atoms with van der Waals surface area (Å²) >= 11 is 0. The van der Waals surface area contributed by atoms with Crippen LogP contribution in [0.2, 0.25) is 0 Å². The zero-order valence-corrected chi connectivity index (χ0v) is 14.9. The number of rotatable bonds is 5. The molecular weight excluding hydrogens is 343 g/mol. The summed E-state index contributed by atoms with van der Waals surface area (Å²) in [4.78, 5) is 25.9. The number of carbonyl (C=O) groups is 2. The van der Waals surface area contributed by atoms with E-state index in [1.165, 1.54) is 29.2 Å². The number of hydrogen-bond donors (Lipinski definition) is 1. The van der Waals surface area contributed by atoms with Gasteiger partial charge >= 0.3 is 0 Å². The van der Waals surface area contributed by atoms with Crippen LogP contribution >= 0.6 is 0 Å². The highest BCUT2D eigenvalue weighted by molar-refractivity contribution is 5.99. The molecule has 2 amide bonds. The zero-order valence-electron chi connectivity index (χ0n) is 14.9. The number of nitrogens with zero attached hydrogens (tertiary/aromatic N) is 1. The summed E-state index contributed by atoms with van der Waals surface area (Å²) < 4.78 is 12.9. The predicted molar refractivity (Wildman–Crippen MR) is 104 cm³/mol. The van der Waals surface area contributed by atoms with Gasteiger partial charge in [0.2, 0.25) is 5.91 Å². The monoisotopic (exact) mass is 362 g/mol. The van der Waals surface area contributed by atoms with Crippen molar-refractivity contribution >= 4 is 17.5 Å². The summed E-state index contributed by atoms with van der Waals surface area (Å²) in [5.74, 6) is -0.971. The Morgan fingerprint density at radius 2 is 1.44 bits per heavy atom. The van der Waals surface area contributed by atoms with Crippen LogP contribution in [0.5, 0.6) is 0 Å². The fourth-order valence-electron chi connectivity index (χ4n) is 2.68. The maximum atomic E-state index is 12.9. The summed E-state index contributed by atoms with van der Waals surface area (Å²) in [6.45, 7) is -0.101. The average Bonchev–Trinajstić information content (AvgIpc) is 2.70. The maximum absolute atomic E-state index is 12.9. The van der Waals surface area contributed by atoms with Gasteiger partial charge in [-0.05, 0) is 47.5 Å². The van der Waals surface area contributed by atoms with Crippen LogP contribution < -0.4 is 5.32 Å². The zero-order chi connectivity index (χ0) is 19.2. The highest BCUT2D eigenvalue weighted by Gasteiger charge is 2.15. The number of amides is 2. The number of likely N-dealkylation sites (N-methyl/N-ethyl adjacent to an activating group) is 1. The second-order valence-corrected chi connectivity index (χ2v) is 6.16. The van der Waals surface area contributed by atoms with Crippen molar-refractivity contribution in [3.05, 3.63) is 90.2 Å². The highest BCUT2D eigenvalue weighted by Crippen LogP contribution is 2.19. The Bertz CT molecular complexity index is 923. The minimum Gasteiger partial charge on any atom is -0.332 e. The molecule has 3 aromatic carbocycles. The molecule has 136 valence electrons. The molecule has 5 heteroatoms. The molecule has 0 radical (unpaired) electrons. The number of hydrogen-bond acceptors (Lipinski definition) is 2. The van der Waals surface area contributed by atoms with E-state index in [-0.39, 0.29) is 24.2 Å². The van der Waals surface area contributed by atoms with Crippen molar-refractivity contribution in [3.63, 3.8) is 0 Å². The number of carbonyl (C=O) groups excluding carboxylic acids is 2. The van der Waals surface area contributed by atoms with Gasteiger partial charge in [0.25, 0.3) is 5.91 Å². The summed E-state index contributed by atoms with van der Waals surface area (Å²) in [6, 6.07) is 22.6. The Kier molecular flexibility index (Phi) is 5.61. The molecule has 1 N–H and O–H groups in total. The molecule has 0 saturated carbocycles. The lowest BCUT2D eigenvalue weighted by Crippen LogP contribution is -2.34. The minimum atomic E-state index is -0.376. The number of halogens is 1. The van der Waals surface area contributed by atoms with Crippen LogP contribution in [0.3, 0.4) is 0 Å². The van der Waals surface area contributed by atoms with E-state index in [2.05, 4.69) is 5.32 Å². The Morgan fingerprint density at radius 1 is 0.852 bits per heavy atom. The first-order valence-corrected chi connectivity index (χ1v) is 8.49. The van der Waals surface area contributed by atoms with Gasteiger partial charge < -0.3 is 10.2 Å². The van der Waals surface area contributed by atoms with Crippen molar-refractivity contribution < 1.29 is 14.0 Å². The topological polar surface area (TPSA) is 49.4 Å². The lowest BCUT2D eigenvalue weighted by atomic mass is 10.0. The number of nitrogens with one attached hydrogen (secondary N) is 1. The second kappa shape index (κ2) is 8.27. The third-order valence-electron chi connectivity index (χ3n) is 4.09. The molecule has 0 aromatic heterocycles. The molecule has 0 fully saturated rings. The molecule has 0 aliphatic rings. The maximum Gasteiger partial charge on any atom is 0.254 e. The van der Waals surface area contributed by atoms with Gasteiger partial charge in [-0.3, -0.25) is 9.59 Å². The van der Waals surface area contributed by atoms with Gasteiger partial charge in [0.1, 0.15) is 5.82 Å². The van der Waals surface area contributed by atoms with E-state index in [1.807, 2.05) is 42.5 Å². The van der Waals surface area contributed by atoms with Gasteiger partial charge in [0.15, 0.2) is 0 Å². The van der Waals surface area contributed by atoms with Gasteiger partial charge in [-0.2, -0.15) is 0 Å². The van der Waals surface area contributed by atoms with E-state index in [4.69, 9.17) is 0 Å². The fraction of sp³-hybridized carbons (Fsp3) is 0.0909. The van der Waals surface area contributed by atoms with Crippen LogP contribution in [-0.2, 0) is 4.79 Å². The molecule has 0 saturated heterocycles. The van der Waals surface area contributed by atoms with Crippen LogP contribution in [0.15, 0.2) is 78.9 Å². The molecule has 4 nitrogen and oxygen atoms in total. The summed E-state index contributed by atoms with van der Waals surface area (Å²) in [7, 11) is 1.57. The first kappa shape index (κ1) is 18.3. The van der Waals surface area contributed by atoms with E-state index in [1.54, 1.807) is 19.2 Å². The Balaban J connectivity index is 1.61. The van der Waals surface area contributed by atoms with E-state index >= 15 is 0 Å². The number of benzene rings is 3. The SMILES string of the molecule is CN(CC(=O)Nc1ccc(F)cc1)C(=O)c1ccc(-c2ccccc2)cc1. The third kappa shape index (κ3) is 4.79. The normalized spacial score (nSPS) is 10.3. The molecule has 0 unspecified atom stereocenters. The summed E-state index contributed by atoms with van der Waals surface area (Å²) in [6.07, 6.45) is 0. The van der Waals surface area contributed by atoms with Crippen LogP contribution in [0, 0.1) is 5.82 Å². The van der Waals surface area contributed by atoms with Crippen molar-refractivity contribution in [1.29, 1.82) is 0 Å². The highest BCUT2D eigenvalue weighted by atomic mass is 19.1. The predicted octanol–water partition coefficient (Wildman–Crippen LogP) is 4.20. The van der Waals surface area contributed by atoms with Crippen LogP contribution in [0.4, 0.5) is 10.1 Å². The fourth-order valence-corrected chi connectivity index (χ4v) is 2.68. The average molecular weight is 362 g/mol. The molecular formula is C22H19FN2O2. The summed E-state index contributed by atoms with van der Waals surface area (Å²) in [5.41, 5.74) is 3.08. The number of anilines is 1. The second-order valence-electron chi connectivity index (χ2n) is 6.16. The Morgan fingerprint density at radius 3 is 2.07 bits per heavy atom. The van der Waals surface area contributed by atoms with E-state index in [9.17, 15) is 14.0 Å². The molecule has 0 spiro atoms. The lowest BCUT2D eigenvalue weighted by molar-refractivity contribution is -0.116. The molecule has 0 bridgehead atoms. The Hall–Kier alpha value is -3.47. The van der Waals surface area contributed by atoms with E-state index in [0.717, 1.165) is 11.1 Å². The molecule has 0 heterocycles. The lowest BCUT2D eigenvalue weighted by Gasteiger charge is -2.17. The van der Waals surface area contributed by atoms with Crippen molar-refractivity contribution in [1.82, 2.24) is 4.90 Å². The van der Waals surface area contributed by atoms with Gasteiger partial charge in [0, 0.05) is 18.3 Å². The molecule has 3 aromatic rings. The molecule has 27 heavy (non-hydrogen) atoms. The van der Waals surface area contributed by atoms with Crippen LogP contribution in [-0.4, -0.2) is 30.3 Å². The third-order valence-corrected chi connectivity index (χ3v) is 4.09. The van der Waals surface area contributed by atoms with Crippen LogP contribution in [0.25, 0.3) is 11.1 Å². The van der Waals surface area contributed by atoms with E-state index in [0.29, 0.717) is 11.3 Å². The summed E-state index contributed by atoms with van der Waals surface area (Å²) in [5, 5.41) is 2.64. The van der Waals surface area contributed by atoms with Crippen molar-refractivity contribution in [2.75, 3.05) is 18.9 Å². The minimum absolute atomic E-state index is 0.101. The molecule has 0 atom stereocenters. The quantitative estimate of drug-likeness (QED) is 0.739. The smallest absolute Gasteiger partial charge is 0.254 e. The first-order valence-electron chi connectivity index (χ1n) is 8.49. The molecule has 3 rings (SSSR count). The first-order chi connectivity index (χ1) is 13.0. The molecule has 0 aliphatic carbocycles. The molecule has 0 aliphatic heterocycles.